The second-order valence-corrected chi connectivity index (χ2v) is 7.88. The molecule has 2 saturated heterocycles. The van der Waals surface area contributed by atoms with Gasteiger partial charge in [0.1, 0.15) is 0 Å². The van der Waals surface area contributed by atoms with E-state index in [9.17, 15) is 9.90 Å². The summed E-state index contributed by atoms with van der Waals surface area (Å²) >= 11 is 0. The normalized spacial score (nSPS) is 28.8. The number of fused-ring (bicyclic) bond motifs is 2. The minimum atomic E-state index is -0.869. The number of hydrogen-bond donors (Lipinski definition) is 1. The summed E-state index contributed by atoms with van der Waals surface area (Å²) in [4.78, 5) is 18.9. The molecule has 2 atom stereocenters. The summed E-state index contributed by atoms with van der Waals surface area (Å²) in [7, 11) is 0. The van der Waals surface area contributed by atoms with Crippen molar-refractivity contribution in [3.05, 3.63) is 58.3 Å². The van der Waals surface area contributed by atoms with E-state index >= 15 is 0 Å². The lowest BCUT2D eigenvalue weighted by molar-refractivity contribution is -0.105. The minimum absolute atomic E-state index is 0.146. The van der Waals surface area contributed by atoms with Crippen molar-refractivity contribution in [1.29, 1.82) is 0 Å². The van der Waals surface area contributed by atoms with Crippen molar-refractivity contribution in [2.75, 3.05) is 0 Å². The Morgan fingerprint density at radius 1 is 1.23 bits per heavy atom. The average Bonchev–Trinajstić information content (AvgIpc) is 2.60. The third-order valence-corrected chi connectivity index (χ3v) is 5.78. The number of aromatic nitrogens is 3. The smallest absolute Gasteiger partial charge is 0.266 e. The molecule has 0 amide bonds. The van der Waals surface area contributed by atoms with Crippen molar-refractivity contribution in [1.82, 2.24) is 19.7 Å². The third-order valence-electron chi connectivity index (χ3n) is 5.78. The lowest BCUT2D eigenvalue weighted by Gasteiger charge is -2.52. The Kier molecular flexibility index (Phi) is 4.63. The number of rotatable bonds is 4. The minimum Gasteiger partial charge on any atom is -0.388 e. The summed E-state index contributed by atoms with van der Waals surface area (Å²) in [5.41, 5.74) is 0.993. The van der Waals surface area contributed by atoms with Crippen LogP contribution in [0, 0.1) is 6.92 Å². The molecule has 0 radical (unpaired) electrons. The van der Waals surface area contributed by atoms with Gasteiger partial charge in [-0.1, -0.05) is 12.5 Å². The number of nitrogens with zero attached hydrogens (tertiary/aromatic N) is 4. The summed E-state index contributed by atoms with van der Waals surface area (Å²) in [6.07, 6.45) is 8.48. The Morgan fingerprint density at radius 2 is 2.00 bits per heavy atom. The van der Waals surface area contributed by atoms with E-state index in [1.165, 1.54) is 22.7 Å². The molecule has 2 fully saturated rings. The number of hydrogen-bond acceptors (Lipinski definition) is 5. The van der Waals surface area contributed by atoms with E-state index in [0.29, 0.717) is 24.9 Å². The lowest BCUT2D eigenvalue weighted by Crippen LogP contribution is -2.59. The molecule has 2 aromatic rings. The van der Waals surface area contributed by atoms with Gasteiger partial charge in [0, 0.05) is 37.1 Å². The zero-order chi connectivity index (χ0) is 18.1. The predicted molar refractivity (Wildman–Crippen MR) is 98.6 cm³/mol. The molecular weight excluding hydrogens is 328 g/mol. The van der Waals surface area contributed by atoms with Crippen LogP contribution in [0.25, 0.3) is 0 Å². The number of pyridine rings is 1. The van der Waals surface area contributed by atoms with Crippen LogP contribution in [-0.2, 0) is 13.1 Å². The maximum atomic E-state index is 12.1. The van der Waals surface area contributed by atoms with E-state index in [-0.39, 0.29) is 12.1 Å². The molecule has 1 N–H and O–H groups in total. The van der Waals surface area contributed by atoms with Crippen molar-refractivity contribution in [2.24, 2.45) is 0 Å². The first-order valence-electron chi connectivity index (χ1n) is 9.44. The SMILES string of the molecule is Cc1ccc(=O)n(CC2(O)C[C@H]3CCC[C@H](C2)N3Cc2cccnc2)n1. The molecule has 0 aromatic carbocycles. The first-order chi connectivity index (χ1) is 12.5. The molecule has 2 aliphatic rings. The molecule has 138 valence electrons. The van der Waals surface area contributed by atoms with Crippen molar-refractivity contribution < 1.29 is 5.11 Å². The monoisotopic (exact) mass is 354 g/mol. The van der Waals surface area contributed by atoms with Gasteiger partial charge in [-0.25, -0.2) is 4.68 Å². The van der Waals surface area contributed by atoms with Gasteiger partial charge in [-0.05, 0) is 50.3 Å². The van der Waals surface area contributed by atoms with E-state index < -0.39 is 5.60 Å². The van der Waals surface area contributed by atoms with Gasteiger partial charge >= 0.3 is 0 Å². The largest absolute Gasteiger partial charge is 0.388 e. The second-order valence-electron chi connectivity index (χ2n) is 7.88. The highest BCUT2D eigenvalue weighted by Gasteiger charge is 2.45. The third kappa shape index (κ3) is 3.57. The van der Waals surface area contributed by atoms with E-state index in [2.05, 4.69) is 21.0 Å². The predicted octanol–water partition coefficient (Wildman–Crippen LogP) is 1.89. The Balaban J connectivity index is 1.53. The highest BCUT2D eigenvalue weighted by atomic mass is 16.3. The summed E-state index contributed by atoms with van der Waals surface area (Å²) in [5, 5.41) is 15.6. The fourth-order valence-corrected chi connectivity index (χ4v) is 4.65. The standard InChI is InChI=1S/C20H26N4O2/c1-15-7-8-19(25)24(22-15)14-20(26)10-17-5-2-6-18(11-20)23(17)13-16-4-3-9-21-12-16/h3-4,7-9,12,17-18,26H,2,5-6,10-11,13-14H2,1H3/t17-,18-/m1/s1. The van der Waals surface area contributed by atoms with E-state index in [0.717, 1.165) is 25.1 Å². The summed E-state index contributed by atoms with van der Waals surface area (Å²) in [6.45, 7) is 3.02. The van der Waals surface area contributed by atoms with Crippen LogP contribution in [0.4, 0.5) is 0 Å². The molecule has 6 heteroatoms. The quantitative estimate of drug-likeness (QED) is 0.908. The maximum absolute atomic E-state index is 12.1. The van der Waals surface area contributed by atoms with Crippen molar-refractivity contribution in [3.63, 3.8) is 0 Å². The van der Waals surface area contributed by atoms with Crippen LogP contribution >= 0.6 is 0 Å². The lowest BCUT2D eigenvalue weighted by atomic mass is 9.75. The zero-order valence-electron chi connectivity index (χ0n) is 15.2. The van der Waals surface area contributed by atoms with Gasteiger partial charge in [0.25, 0.3) is 5.56 Å². The van der Waals surface area contributed by atoms with Crippen LogP contribution in [0.5, 0.6) is 0 Å². The van der Waals surface area contributed by atoms with Crippen molar-refractivity contribution >= 4 is 0 Å². The Labute approximate surface area is 153 Å². The van der Waals surface area contributed by atoms with Crippen LogP contribution in [0.3, 0.4) is 0 Å². The molecule has 6 nitrogen and oxygen atoms in total. The van der Waals surface area contributed by atoms with Gasteiger partial charge in [0.15, 0.2) is 0 Å². The van der Waals surface area contributed by atoms with Crippen LogP contribution in [0.1, 0.15) is 43.4 Å². The van der Waals surface area contributed by atoms with Crippen LogP contribution in [-0.4, -0.2) is 42.5 Å². The molecule has 4 rings (SSSR count). The molecule has 2 aliphatic heterocycles. The molecule has 2 bridgehead atoms. The first-order valence-corrected chi connectivity index (χ1v) is 9.44. The summed E-state index contributed by atoms with van der Waals surface area (Å²) < 4.78 is 1.43. The molecule has 0 saturated carbocycles. The van der Waals surface area contributed by atoms with E-state index in [4.69, 9.17) is 0 Å². The summed E-state index contributed by atoms with van der Waals surface area (Å²) in [6, 6.07) is 8.01. The average molecular weight is 354 g/mol. The molecular formula is C20H26N4O2. The van der Waals surface area contributed by atoms with Gasteiger partial charge in [0.05, 0.1) is 17.8 Å². The topological polar surface area (TPSA) is 71.2 Å². The fourth-order valence-electron chi connectivity index (χ4n) is 4.65. The number of piperidine rings is 2. The highest BCUT2D eigenvalue weighted by molar-refractivity contribution is 5.11. The molecule has 4 heterocycles. The van der Waals surface area contributed by atoms with Crippen LogP contribution in [0.15, 0.2) is 41.5 Å². The number of aryl methyl sites for hydroxylation is 1. The molecule has 0 spiro atoms. The van der Waals surface area contributed by atoms with Gasteiger partial charge in [-0.2, -0.15) is 5.10 Å². The Bertz CT molecular complexity index is 806. The second kappa shape index (κ2) is 6.93. The fraction of sp³-hybridized carbons (Fsp3) is 0.550. The van der Waals surface area contributed by atoms with Crippen molar-refractivity contribution in [3.8, 4) is 0 Å². The summed E-state index contributed by atoms with van der Waals surface area (Å²) in [5.74, 6) is 0. The van der Waals surface area contributed by atoms with E-state index in [1.54, 1.807) is 12.3 Å². The van der Waals surface area contributed by atoms with E-state index in [1.807, 2.05) is 19.2 Å². The molecule has 2 aromatic heterocycles. The molecule has 0 aliphatic carbocycles. The van der Waals surface area contributed by atoms with Gasteiger partial charge < -0.3 is 5.11 Å². The van der Waals surface area contributed by atoms with Gasteiger partial charge in [0.2, 0.25) is 0 Å². The zero-order valence-corrected chi connectivity index (χ0v) is 15.2. The number of aliphatic hydroxyl groups is 1. The van der Waals surface area contributed by atoms with Gasteiger partial charge in [-0.3, -0.25) is 14.7 Å². The van der Waals surface area contributed by atoms with Crippen molar-refractivity contribution in [2.45, 2.75) is 69.8 Å². The highest BCUT2D eigenvalue weighted by Crippen LogP contribution is 2.40. The van der Waals surface area contributed by atoms with Crippen LogP contribution < -0.4 is 5.56 Å². The first kappa shape index (κ1) is 17.4. The Hall–Kier alpha value is -2.05. The Morgan fingerprint density at radius 3 is 2.69 bits per heavy atom. The van der Waals surface area contributed by atoms with Crippen LogP contribution in [0.2, 0.25) is 0 Å². The maximum Gasteiger partial charge on any atom is 0.266 e. The molecule has 0 unspecified atom stereocenters. The molecule has 26 heavy (non-hydrogen) atoms. The van der Waals surface area contributed by atoms with Gasteiger partial charge in [-0.15, -0.1) is 0 Å².